The third-order valence-electron chi connectivity index (χ3n) is 2.57. The average Bonchev–Trinajstić information content (AvgIpc) is 2.38. The molecule has 0 saturated carbocycles. The van der Waals surface area contributed by atoms with Crippen LogP contribution < -0.4 is 15.2 Å². The van der Waals surface area contributed by atoms with E-state index in [1.165, 1.54) is 19.2 Å². The van der Waals surface area contributed by atoms with E-state index in [4.69, 9.17) is 10.5 Å². The van der Waals surface area contributed by atoms with Crippen LogP contribution in [0.25, 0.3) is 0 Å². The predicted octanol–water partition coefficient (Wildman–Crippen LogP) is 1.16. The molecule has 0 aliphatic carbocycles. The molecule has 0 saturated heterocycles. The summed E-state index contributed by atoms with van der Waals surface area (Å²) in [6.07, 6.45) is 0.551. The normalized spacial score (nSPS) is 11.7. The number of halogens is 1. The number of nitrogens with two attached hydrogens (primary N) is 1. The van der Waals surface area contributed by atoms with Gasteiger partial charge in [0.1, 0.15) is 0 Å². The van der Waals surface area contributed by atoms with Crippen molar-refractivity contribution in [3.63, 3.8) is 0 Å². The van der Waals surface area contributed by atoms with E-state index in [0.717, 1.165) is 10.4 Å². The van der Waals surface area contributed by atoms with E-state index in [1.54, 1.807) is 6.92 Å². The van der Waals surface area contributed by atoms with Gasteiger partial charge in [-0.25, -0.2) is 4.39 Å². The van der Waals surface area contributed by atoms with Crippen molar-refractivity contribution in [1.82, 2.24) is 4.31 Å². The van der Waals surface area contributed by atoms with Gasteiger partial charge in [0.05, 0.1) is 12.3 Å². The first-order chi connectivity index (χ1) is 9.40. The highest BCUT2D eigenvalue weighted by molar-refractivity contribution is 7.90. The first-order valence-electron chi connectivity index (χ1n) is 6.27. The summed E-state index contributed by atoms with van der Waals surface area (Å²) in [4.78, 5) is 0. The third-order valence-corrected chi connectivity index (χ3v) is 4.06. The Labute approximate surface area is 118 Å². The Bertz CT molecular complexity index is 537. The van der Waals surface area contributed by atoms with Gasteiger partial charge in [-0.3, -0.25) is 4.72 Å². The van der Waals surface area contributed by atoms with Gasteiger partial charge < -0.3 is 10.5 Å². The highest BCUT2D eigenvalue weighted by Crippen LogP contribution is 2.22. The Morgan fingerprint density at radius 3 is 2.70 bits per heavy atom. The van der Waals surface area contributed by atoms with Crippen LogP contribution in [0.15, 0.2) is 18.2 Å². The average molecular weight is 305 g/mol. The van der Waals surface area contributed by atoms with Gasteiger partial charge in [0.25, 0.3) is 0 Å². The molecule has 1 rings (SSSR count). The van der Waals surface area contributed by atoms with Gasteiger partial charge in [0, 0.05) is 19.7 Å². The van der Waals surface area contributed by atoms with Crippen LogP contribution in [0.5, 0.6) is 5.75 Å². The molecule has 0 bridgehead atoms. The van der Waals surface area contributed by atoms with Crippen LogP contribution >= 0.6 is 0 Å². The molecule has 0 spiro atoms. The summed E-state index contributed by atoms with van der Waals surface area (Å²) in [5.41, 5.74) is 5.48. The van der Waals surface area contributed by atoms with Crippen molar-refractivity contribution in [3.8, 4) is 5.75 Å². The van der Waals surface area contributed by atoms with Gasteiger partial charge in [-0.15, -0.1) is 0 Å². The van der Waals surface area contributed by atoms with Crippen LogP contribution in [0.4, 0.5) is 10.1 Å². The van der Waals surface area contributed by atoms with E-state index in [9.17, 15) is 12.8 Å². The molecule has 3 N–H and O–H groups in total. The largest absolute Gasteiger partial charge is 0.491 e. The van der Waals surface area contributed by atoms with E-state index < -0.39 is 16.0 Å². The molecule has 0 amide bonds. The molecule has 0 heterocycles. The van der Waals surface area contributed by atoms with Gasteiger partial charge in [-0.05, 0) is 32.0 Å². The molecule has 0 radical (unpaired) electrons. The highest BCUT2D eigenvalue weighted by atomic mass is 32.2. The van der Waals surface area contributed by atoms with Gasteiger partial charge in [-0.1, -0.05) is 0 Å². The molecule has 1 aromatic carbocycles. The van der Waals surface area contributed by atoms with Crippen molar-refractivity contribution in [1.29, 1.82) is 0 Å². The van der Waals surface area contributed by atoms with Crippen LogP contribution in [-0.4, -0.2) is 39.5 Å². The third kappa shape index (κ3) is 4.62. The van der Waals surface area contributed by atoms with Crippen LogP contribution in [-0.2, 0) is 10.2 Å². The quantitative estimate of drug-likeness (QED) is 0.755. The van der Waals surface area contributed by atoms with E-state index in [1.807, 2.05) is 0 Å². The fourth-order valence-corrected chi connectivity index (χ4v) is 2.45. The number of anilines is 1. The molecule has 0 aliphatic rings. The lowest BCUT2D eigenvalue weighted by Gasteiger charge is -2.18. The van der Waals surface area contributed by atoms with Crippen LogP contribution in [0.3, 0.4) is 0 Å². The lowest BCUT2D eigenvalue weighted by Crippen LogP contribution is -2.34. The molecule has 0 aromatic heterocycles. The minimum atomic E-state index is -3.71. The summed E-state index contributed by atoms with van der Waals surface area (Å²) < 4.78 is 46.0. The van der Waals surface area contributed by atoms with Crippen LogP contribution in [0, 0.1) is 5.82 Å². The fraction of sp³-hybridized carbons (Fsp3) is 0.500. The topological polar surface area (TPSA) is 84.7 Å². The van der Waals surface area contributed by atoms with Gasteiger partial charge in [-0.2, -0.15) is 12.7 Å². The van der Waals surface area contributed by atoms with Crippen molar-refractivity contribution < 1.29 is 17.5 Å². The Morgan fingerprint density at radius 2 is 2.15 bits per heavy atom. The molecule has 6 nitrogen and oxygen atoms in total. The Balaban J connectivity index is 2.79. The molecule has 0 aliphatic heterocycles. The molecule has 0 atom stereocenters. The number of ether oxygens (including phenoxy) is 1. The minimum absolute atomic E-state index is 0.0898. The second kappa shape index (κ2) is 7.41. The maximum Gasteiger partial charge on any atom is 0.301 e. The zero-order valence-corrected chi connectivity index (χ0v) is 12.4. The standard InChI is InChI=1S/C12H20FN3O3S/c1-3-19-12-6-5-10(9-11(12)13)15-20(17,18)16(2)8-4-7-14/h5-6,9,15H,3-4,7-8,14H2,1-2H3. The van der Waals surface area contributed by atoms with Crippen molar-refractivity contribution >= 4 is 15.9 Å². The SMILES string of the molecule is CCOc1ccc(NS(=O)(=O)N(C)CCCN)cc1F. The first kappa shape index (κ1) is 16.7. The second-order valence-corrected chi connectivity index (χ2v) is 5.93. The summed E-state index contributed by atoms with van der Waals surface area (Å²) >= 11 is 0. The Kier molecular flexibility index (Phi) is 6.18. The number of benzene rings is 1. The van der Waals surface area contributed by atoms with Crippen molar-refractivity contribution in [2.45, 2.75) is 13.3 Å². The summed E-state index contributed by atoms with van der Waals surface area (Å²) in [5, 5.41) is 0. The fourth-order valence-electron chi connectivity index (χ4n) is 1.50. The zero-order chi connectivity index (χ0) is 15.2. The molecule has 8 heteroatoms. The number of hydrogen-bond donors (Lipinski definition) is 2. The van der Waals surface area contributed by atoms with E-state index in [2.05, 4.69) is 4.72 Å². The second-order valence-electron chi connectivity index (χ2n) is 4.15. The van der Waals surface area contributed by atoms with E-state index >= 15 is 0 Å². The molecule has 1 aromatic rings. The number of rotatable bonds is 8. The maximum atomic E-state index is 13.6. The molecule has 114 valence electrons. The van der Waals surface area contributed by atoms with Gasteiger partial charge >= 0.3 is 10.2 Å². The Hall–Kier alpha value is -1.38. The maximum absolute atomic E-state index is 13.6. The molecular weight excluding hydrogens is 285 g/mol. The van der Waals surface area contributed by atoms with Crippen LogP contribution in [0.2, 0.25) is 0 Å². The van der Waals surface area contributed by atoms with Crippen molar-refractivity contribution in [2.24, 2.45) is 5.73 Å². The van der Waals surface area contributed by atoms with E-state index in [0.29, 0.717) is 26.1 Å². The lowest BCUT2D eigenvalue weighted by atomic mass is 10.3. The summed E-state index contributed by atoms with van der Waals surface area (Å²) in [6.45, 7) is 2.77. The number of hydrogen-bond acceptors (Lipinski definition) is 4. The Morgan fingerprint density at radius 1 is 1.45 bits per heavy atom. The van der Waals surface area contributed by atoms with Gasteiger partial charge in [0.2, 0.25) is 0 Å². The monoisotopic (exact) mass is 305 g/mol. The molecule has 0 unspecified atom stereocenters. The zero-order valence-electron chi connectivity index (χ0n) is 11.6. The molecule has 20 heavy (non-hydrogen) atoms. The summed E-state index contributed by atoms with van der Waals surface area (Å²) in [7, 11) is -2.27. The van der Waals surface area contributed by atoms with Crippen LogP contribution in [0.1, 0.15) is 13.3 Å². The van der Waals surface area contributed by atoms with Crippen molar-refractivity contribution in [2.75, 3.05) is 31.5 Å². The minimum Gasteiger partial charge on any atom is -0.491 e. The number of nitrogens with zero attached hydrogens (tertiary/aromatic N) is 1. The lowest BCUT2D eigenvalue weighted by molar-refractivity contribution is 0.321. The first-order valence-corrected chi connectivity index (χ1v) is 7.71. The highest BCUT2D eigenvalue weighted by Gasteiger charge is 2.17. The summed E-state index contributed by atoms with van der Waals surface area (Å²) in [5.74, 6) is -0.524. The van der Waals surface area contributed by atoms with Gasteiger partial charge in [0.15, 0.2) is 11.6 Å². The number of nitrogens with one attached hydrogen (secondary N) is 1. The molecular formula is C12H20FN3O3S. The summed E-state index contributed by atoms with van der Waals surface area (Å²) in [6, 6.07) is 3.91. The van der Waals surface area contributed by atoms with E-state index in [-0.39, 0.29) is 11.4 Å². The smallest absolute Gasteiger partial charge is 0.301 e. The molecule has 0 fully saturated rings. The predicted molar refractivity (Wildman–Crippen MR) is 76.4 cm³/mol. The van der Waals surface area contributed by atoms with Crippen molar-refractivity contribution in [3.05, 3.63) is 24.0 Å².